The van der Waals surface area contributed by atoms with Crippen molar-refractivity contribution in [3.63, 3.8) is 0 Å². The first kappa shape index (κ1) is 25.0. The Morgan fingerprint density at radius 3 is 2.46 bits per heavy atom. The maximum absolute atomic E-state index is 14.1. The molecule has 10 heteroatoms. The third-order valence-corrected chi connectivity index (χ3v) is 11.2. The van der Waals surface area contributed by atoms with Gasteiger partial charge in [-0.05, 0) is 37.7 Å². The van der Waals surface area contributed by atoms with Crippen molar-refractivity contribution in [2.24, 2.45) is 28.1 Å². The molecule has 10 nitrogen and oxygen atoms in total. The van der Waals surface area contributed by atoms with Crippen molar-refractivity contribution >= 4 is 17.7 Å². The average molecular weight is 519 g/mol. The first-order valence-electron chi connectivity index (χ1n) is 12.8. The number of aliphatic hydroxyl groups excluding tert-OH is 1. The van der Waals surface area contributed by atoms with Crippen molar-refractivity contribution in [2.45, 2.75) is 88.5 Å². The fourth-order valence-corrected chi connectivity index (χ4v) is 9.49. The third-order valence-electron chi connectivity index (χ3n) is 11.2. The predicted octanol–water partition coefficient (Wildman–Crippen LogP) is 1.45. The van der Waals surface area contributed by atoms with Crippen LogP contribution in [0.4, 0.5) is 0 Å². The lowest BCUT2D eigenvalue weighted by Crippen LogP contribution is -2.85. The van der Waals surface area contributed by atoms with Crippen LogP contribution in [0.2, 0.25) is 0 Å². The maximum Gasteiger partial charge on any atom is 0.335 e. The fraction of sp³-hybridized carbons (Fsp3) is 0.741. The Morgan fingerprint density at radius 1 is 1.14 bits per heavy atom. The van der Waals surface area contributed by atoms with E-state index in [1.807, 2.05) is 6.92 Å². The molecule has 0 radical (unpaired) electrons. The second-order valence-electron chi connectivity index (χ2n) is 12.8. The van der Waals surface area contributed by atoms with Crippen LogP contribution in [-0.4, -0.2) is 69.2 Å². The van der Waals surface area contributed by atoms with Gasteiger partial charge in [0.25, 0.3) is 0 Å². The van der Waals surface area contributed by atoms with E-state index < -0.39 is 81.6 Å². The van der Waals surface area contributed by atoms with Crippen LogP contribution in [0.3, 0.4) is 0 Å². The van der Waals surface area contributed by atoms with E-state index in [1.54, 1.807) is 26.8 Å². The van der Waals surface area contributed by atoms with Gasteiger partial charge in [-0.25, -0.2) is 4.79 Å². The van der Waals surface area contributed by atoms with E-state index in [0.717, 1.165) is 7.11 Å². The minimum Gasteiger partial charge on any atom is -0.472 e. The maximum atomic E-state index is 14.1. The predicted molar refractivity (Wildman–Crippen MR) is 124 cm³/mol. The molecule has 0 amide bonds. The summed E-state index contributed by atoms with van der Waals surface area (Å²) in [6.07, 6.45) is -0.701. The molecule has 202 valence electrons. The molecule has 10 atom stereocenters. The zero-order chi connectivity index (χ0) is 27.0. The van der Waals surface area contributed by atoms with Gasteiger partial charge in [-0.15, -0.1) is 0 Å². The highest BCUT2D eigenvalue weighted by atomic mass is 16.6. The number of hydrogen-bond acceptors (Lipinski definition) is 10. The SMILES string of the molecule is COC(=O)C(O)C1C(C)(C)C2OC34CC2C(=O)C1(C)C3(O)CCC1(C)C(c2ccoc2)OC(=O)CC14O. The summed E-state index contributed by atoms with van der Waals surface area (Å²) in [5.41, 5.74) is -8.82. The van der Waals surface area contributed by atoms with Gasteiger partial charge in [0, 0.05) is 22.8 Å². The second kappa shape index (κ2) is 7.02. The van der Waals surface area contributed by atoms with Gasteiger partial charge in [-0.3, -0.25) is 9.59 Å². The number of ketones is 1. The number of fused-ring (bicyclic) bond motifs is 3. The van der Waals surface area contributed by atoms with E-state index in [-0.39, 0.29) is 25.0 Å². The first-order chi connectivity index (χ1) is 17.2. The standard InChI is InChI=1S/C27H34O10/c1-22(2)17(16(29)21(31)34-5)24(4)18(30)14-10-27(37-20(14)22)25(24,32)8-7-23(3)19(13-6-9-35-12-13)36-15(28)11-26(23,27)33/h6,9,12,14,16-17,19-20,29,32-33H,7-8,10-11H2,1-5H3. The number of furan rings is 1. The molecule has 1 aromatic rings. The van der Waals surface area contributed by atoms with Crippen LogP contribution in [0.25, 0.3) is 0 Å². The molecule has 0 aromatic carbocycles. The van der Waals surface area contributed by atoms with Crippen molar-refractivity contribution in [3.05, 3.63) is 24.2 Å². The molecule has 3 aliphatic carbocycles. The monoisotopic (exact) mass is 518 g/mol. The van der Waals surface area contributed by atoms with Crippen molar-refractivity contribution < 1.29 is 48.3 Å². The molecule has 1 aromatic heterocycles. The number of Topliss-reactive ketones (excluding diaryl/α,β-unsaturated/α-hetero) is 1. The van der Waals surface area contributed by atoms with Crippen molar-refractivity contribution in [3.8, 4) is 0 Å². The average Bonchev–Trinajstić information content (AvgIpc) is 3.50. The van der Waals surface area contributed by atoms with Crippen LogP contribution in [0.5, 0.6) is 0 Å². The van der Waals surface area contributed by atoms with E-state index in [4.69, 9.17) is 18.6 Å². The molecular formula is C27H34O10. The smallest absolute Gasteiger partial charge is 0.335 e. The Bertz CT molecular complexity index is 1190. The summed E-state index contributed by atoms with van der Waals surface area (Å²) in [7, 11) is 1.15. The molecule has 2 saturated heterocycles. The summed E-state index contributed by atoms with van der Waals surface area (Å²) < 4.78 is 22.6. The number of carbonyl (C=O) groups excluding carboxylic acids is 3. The Labute approximate surface area is 214 Å². The van der Waals surface area contributed by atoms with Crippen LogP contribution in [-0.2, 0) is 28.6 Å². The van der Waals surface area contributed by atoms with Gasteiger partial charge in [0.1, 0.15) is 28.7 Å². The normalized spacial score (nSPS) is 50.2. The van der Waals surface area contributed by atoms with Crippen LogP contribution in [0, 0.1) is 28.1 Å². The number of methoxy groups -OCH3 is 1. The van der Waals surface area contributed by atoms with Gasteiger partial charge in [0.15, 0.2) is 6.10 Å². The molecule has 37 heavy (non-hydrogen) atoms. The van der Waals surface area contributed by atoms with Gasteiger partial charge < -0.3 is 33.9 Å². The van der Waals surface area contributed by atoms with E-state index in [0.29, 0.717) is 5.56 Å². The highest BCUT2D eigenvalue weighted by Gasteiger charge is 2.90. The van der Waals surface area contributed by atoms with E-state index >= 15 is 0 Å². The Kier molecular flexibility index (Phi) is 4.75. The molecule has 1 spiro atoms. The van der Waals surface area contributed by atoms with Crippen molar-refractivity contribution in [2.75, 3.05) is 7.11 Å². The molecule has 5 aliphatic rings. The molecule has 10 unspecified atom stereocenters. The summed E-state index contributed by atoms with van der Waals surface area (Å²) in [4.78, 5) is 39.8. The summed E-state index contributed by atoms with van der Waals surface area (Å²) in [6.45, 7) is 6.99. The molecule has 5 fully saturated rings. The van der Waals surface area contributed by atoms with Crippen molar-refractivity contribution in [1.29, 1.82) is 0 Å². The van der Waals surface area contributed by atoms with Crippen LogP contribution < -0.4 is 0 Å². The number of carbonyl (C=O) groups is 3. The van der Waals surface area contributed by atoms with Gasteiger partial charge in [0.2, 0.25) is 0 Å². The minimum atomic E-state index is -2.00. The lowest BCUT2D eigenvalue weighted by atomic mass is 9.35. The summed E-state index contributed by atoms with van der Waals surface area (Å²) in [5, 5.41) is 36.8. The summed E-state index contributed by atoms with van der Waals surface area (Å²) in [6, 6.07) is 1.67. The Morgan fingerprint density at radius 2 is 1.84 bits per heavy atom. The Hall–Kier alpha value is -2.27. The molecular weight excluding hydrogens is 484 g/mol. The van der Waals surface area contributed by atoms with E-state index in [1.165, 1.54) is 12.5 Å². The van der Waals surface area contributed by atoms with Gasteiger partial charge in [-0.2, -0.15) is 0 Å². The number of ether oxygens (including phenoxy) is 3. The van der Waals surface area contributed by atoms with Gasteiger partial charge in [-0.1, -0.05) is 20.8 Å². The quantitative estimate of drug-likeness (QED) is 0.501. The largest absolute Gasteiger partial charge is 0.472 e. The number of aliphatic hydroxyl groups is 3. The van der Waals surface area contributed by atoms with Gasteiger partial charge in [0.05, 0.1) is 37.6 Å². The highest BCUT2D eigenvalue weighted by molar-refractivity contribution is 5.94. The lowest BCUT2D eigenvalue weighted by molar-refractivity contribution is -0.359. The van der Waals surface area contributed by atoms with Crippen LogP contribution >= 0.6 is 0 Å². The molecule has 3 heterocycles. The topological polar surface area (TPSA) is 153 Å². The highest BCUT2D eigenvalue weighted by Crippen LogP contribution is 2.78. The second-order valence-corrected chi connectivity index (χ2v) is 12.8. The molecule has 6 rings (SSSR count). The van der Waals surface area contributed by atoms with Crippen molar-refractivity contribution in [1.82, 2.24) is 0 Å². The third kappa shape index (κ3) is 2.41. The number of cyclic esters (lactones) is 1. The zero-order valence-electron chi connectivity index (χ0n) is 21.6. The summed E-state index contributed by atoms with van der Waals surface area (Å²) in [5.74, 6) is -3.64. The first-order valence-corrected chi connectivity index (χ1v) is 12.8. The molecule has 3 saturated carbocycles. The van der Waals surface area contributed by atoms with E-state index in [2.05, 4.69) is 0 Å². The summed E-state index contributed by atoms with van der Waals surface area (Å²) >= 11 is 0. The molecule has 3 N–H and O–H groups in total. The van der Waals surface area contributed by atoms with E-state index in [9.17, 15) is 29.7 Å². The molecule has 2 aliphatic heterocycles. The minimum absolute atomic E-state index is 0.0138. The van der Waals surface area contributed by atoms with Crippen LogP contribution in [0.1, 0.15) is 65.0 Å². The number of esters is 2. The van der Waals surface area contributed by atoms with Crippen LogP contribution in [0.15, 0.2) is 23.0 Å². The lowest BCUT2D eigenvalue weighted by Gasteiger charge is -2.71. The Balaban J connectivity index is 1.60. The fourth-order valence-electron chi connectivity index (χ4n) is 9.49. The number of rotatable bonds is 3. The van der Waals surface area contributed by atoms with Gasteiger partial charge >= 0.3 is 11.9 Å². The number of hydrogen-bond donors (Lipinski definition) is 3. The molecule has 3 bridgehead atoms. The zero-order valence-corrected chi connectivity index (χ0v) is 21.6.